The molecule has 1 radical (unpaired) electrons. The van der Waals surface area contributed by atoms with E-state index in [1.807, 2.05) is 6.07 Å². The number of aromatic nitrogens is 1. The summed E-state index contributed by atoms with van der Waals surface area (Å²) in [4.78, 5) is 3.93. The van der Waals surface area contributed by atoms with Crippen LogP contribution in [0, 0.1) is 11.9 Å². The molecule has 13 heavy (non-hydrogen) atoms. The summed E-state index contributed by atoms with van der Waals surface area (Å²) in [6.45, 7) is 0. The Labute approximate surface area is 75.9 Å². The zero-order chi connectivity index (χ0) is 9.10. The van der Waals surface area contributed by atoms with Crippen LogP contribution >= 0.6 is 0 Å². The van der Waals surface area contributed by atoms with E-state index in [2.05, 4.69) is 11.1 Å². The van der Waals surface area contributed by atoms with Gasteiger partial charge in [-0.1, -0.05) is 12.1 Å². The van der Waals surface area contributed by atoms with Crippen molar-refractivity contribution in [3.8, 4) is 11.1 Å². The summed E-state index contributed by atoms with van der Waals surface area (Å²) in [6.07, 6.45) is 3.32. The molecule has 0 saturated heterocycles. The molecule has 1 heterocycles. The monoisotopic (exact) mass is 172 g/mol. The van der Waals surface area contributed by atoms with E-state index in [1.54, 1.807) is 24.5 Å². The van der Waals surface area contributed by atoms with Gasteiger partial charge in [0.25, 0.3) is 0 Å². The van der Waals surface area contributed by atoms with Gasteiger partial charge in [0.1, 0.15) is 5.82 Å². The van der Waals surface area contributed by atoms with Crippen molar-refractivity contribution in [2.24, 2.45) is 0 Å². The number of rotatable bonds is 1. The zero-order valence-corrected chi connectivity index (χ0v) is 6.87. The number of pyridine rings is 1. The molecule has 1 aromatic carbocycles. The van der Waals surface area contributed by atoms with E-state index in [0.717, 1.165) is 11.1 Å². The smallest absolute Gasteiger partial charge is 0.123 e. The molecule has 0 fully saturated rings. The Hall–Kier alpha value is -1.70. The summed E-state index contributed by atoms with van der Waals surface area (Å²) in [6, 6.07) is 11.0. The fourth-order valence-corrected chi connectivity index (χ4v) is 1.13. The van der Waals surface area contributed by atoms with Crippen molar-refractivity contribution in [2.75, 3.05) is 0 Å². The first-order valence-corrected chi connectivity index (χ1v) is 3.93. The van der Waals surface area contributed by atoms with Gasteiger partial charge in [-0.3, -0.25) is 4.98 Å². The second kappa shape index (κ2) is 3.35. The highest BCUT2D eigenvalue weighted by Crippen LogP contribution is 2.17. The zero-order valence-electron chi connectivity index (χ0n) is 6.87. The minimum absolute atomic E-state index is 0.225. The van der Waals surface area contributed by atoms with Crippen LogP contribution in [0.3, 0.4) is 0 Å². The molecule has 0 amide bonds. The molecule has 0 saturated carbocycles. The summed E-state index contributed by atoms with van der Waals surface area (Å²) in [7, 11) is 0. The number of hydrogen-bond acceptors (Lipinski definition) is 1. The average Bonchev–Trinajstić information content (AvgIpc) is 2.20. The summed E-state index contributed by atoms with van der Waals surface area (Å²) in [5.74, 6) is -0.225. The molecule has 2 heteroatoms. The van der Waals surface area contributed by atoms with Crippen molar-refractivity contribution >= 4 is 0 Å². The molecule has 0 aliphatic carbocycles. The molecule has 0 aliphatic heterocycles. The second-order valence-corrected chi connectivity index (χ2v) is 2.68. The Morgan fingerprint density at radius 3 is 2.46 bits per heavy atom. The third kappa shape index (κ3) is 1.72. The molecule has 0 atom stereocenters. The van der Waals surface area contributed by atoms with Crippen LogP contribution in [0.4, 0.5) is 4.39 Å². The maximum atomic E-state index is 12.6. The maximum Gasteiger partial charge on any atom is 0.123 e. The molecular weight excluding hydrogens is 165 g/mol. The minimum atomic E-state index is -0.225. The van der Waals surface area contributed by atoms with E-state index in [0.29, 0.717) is 0 Å². The predicted molar refractivity (Wildman–Crippen MR) is 48.5 cm³/mol. The van der Waals surface area contributed by atoms with E-state index in [9.17, 15) is 4.39 Å². The lowest BCUT2D eigenvalue weighted by molar-refractivity contribution is 0.628. The normalized spacial score (nSPS) is 9.92. The van der Waals surface area contributed by atoms with Gasteiger partial charge in [-0.2, -0.15) is 0 Å². The van der Waals surface area contributed by atoms with Gasteiger partial charge in [0.2, 0.25) is 0 Å². The Morgan fingerprint density at radius 2 is 1.85 bits per heavy atom. The van der Waals surface area contributed by atoms with Crippen molar-refractivity contribution in [2.45, 2.75) is 0 Å². The molecule has 0 unspecified atom stereocenters. The van der Waals surface area contributed by atoms with Crippen LogP contribution in [0.25, 0.3) is 11.1 Å². The van der Waals surface area contributed by atoms with Gasteiger partial charge in [0.15, 0.2) is 0 Å². The minimum Gasteiger partial charge on any atom is -0.263 e. The Bertz CT molecular complexity index is 381. The van der Waals surface area contributed by atoms with Crippen molar-refractivity contribution in [3.05, 3.63) is 54.6 Å². The van der Waals surface area contributed by atoms with Crippen LogP contribution in [0.2, 0.25) is 0 Å². The number of benzene rings is 1. The highest BCUT2D eigenvalue weighted by atomic mass is 19.1. The van der Waals surface area contributed by atoms with Crippen LogP contribution < -0.4 is 0 Å². The summed E-state index contributed by atoms with van der Waals surface area (Å²) >= 11 is 0. The SMILES string of the molecule is Fc1ccc(-c2c[c]cnc2)cc1. The molecule has 2 aromatic rings. The van der Waals surface area contributed by atoms with Crippen molar-refractivity contribution in [1.29, 1.82) is 0 Å². The largest absolute Gasteiger partial charge is 0.263 e. The highest BCUT2D eigenvalue weighted by Gasteiger charge is 1.96. The van der Waals surface area contributed by atoms with Crippen LogP contribution in [-0.4, -0.2) is 4.98 Å². The van der Waals surface area contributed by atoms with Gasteiger partial charge in [0.05, 0.1) is 0 Å². The number of hydrogen-bond donors (Lipinski definition) is 0. The van der Waals surface area contributed by atoms with Gasteiger partial charge < -0.3 is 0 Å². The second-order valence-electron chi connectivity index (χ2n) is 2.68. The van der Waals surface area contributed by atoms with Crippen molar-refractivity contribution in [3.63, 3.8) is 0 Å². The Kier molecular flexibility index (Phi) is 2.04. The standard InChI is InChI=1S/C11H7FN/c12-11-5-3-9(4-6-11)10-2-1-7-13-8-10/h2-8H. The topological polar surface area (TPSA) is 12.9 Å². The van der Waals surface area contributed by atoms with E-state index < -0.39 is 0 Å². The summed E-state index contributed by atoms with van der Waals surface area (Å²) in [5.41, 5.74) is 1.90. The van der Waals surface area contributed by atoms with E-state index >= 15 is 0 Å². The Morgan fingerprint density at radius 1 is 1.08 bits per heavy atom. The van der Waals surface area contributed by atoms with Crippen LogP contribution in [0.1, 0.15) is 0 Å². The van der Waals surface area contributed by atoms with E-state index in [1.165, 1.54) is 12.1 Å². The lowest BCUT2D eigenvalue weighted by atomic mass is 10.1. The van der Waals surface area contributed by atoms with Gasteiger partial charge in [-0.05, 0) is 23.8 Å². The Balaban J connectivity index is 2.42. The molecule has 1 aromatic heterocycles. The van der Waals surface area contributed by atoms with Gasteiger partial charge in [-0.15, -0.1) is 0 Å². The fourth-order valence-electron chi connectivity index (χ4n) is 1.13. The van der Waals surface area contributed by atoms with Gasteiger partial charge in [-0.25, -0.2) is 4.39 Å². The molecule has 2 rings (SSSR count). The maximum absolute atomic E-state index is 12.6. The van der Waals surface area contributed by atoms with Crippen molar-refractivity contribution < 1.29 is 4.39 Å². The summed E-state index contributed by atoms with van der Waals surface area (Å²) < 4.78 is 12.6. The lowest BCUT2D eigenvalue weighted by Gasteiger charge is -1.98. The third-order valence-electron chi connectivity index (χ3n) is 1.78. The predicted octanol–water partition coefficient (Wildman–Crippen LogP) is 2.69. The first-order valence-electron chi connectivity index (χ1n) is 3.93. The van der Waals surface area contributed by atoms with E-state index in [4.69, 9.17) is 0 Å². The molecule has 63 valence electrons. The van der Waals surface area contributed by atoms with E-state index in [-0.39, 0.29) is 5.82 Å². The van der Waals surface area contributed by atoms with Crippen LogP contribution in [-0.2, 0) is 0 Å². The van der Waals surface area contributed by atoms with Crippen molar-refractivity contribution in [1.82, 2.24) is 4.98 Å². The summed E-state index contributed by atoms with van der Waals surface area (Å²) in [5, 5.41) is 0. The van der Waals surface area contributed by atoms with Crippen LogP contribution in [0.15, 0.2) is 42.7 Å². The fraction of sp³-hybridized carbons (Fsp3) is 0. The quantitative estimate of drug-likeness (QED) is 0.644. The molecule has 1 nitrogen and oxygen atoms in total. The highest BCUT2D eigenvalue weighted by molar-refractivity contribution is 5.61. The lowest BCUT2D eigenvalue weighted by Crippen LogP contribution is -1.79. The molecular formula is C11H7FN. The molecule has 0 spiro atoms. The van der Waals surface area contributed by atoms with Crippen LogP contribution in [0.5, 0.6) is 0 Å². The molecule has 0 N–H and O–H groups in total. The first kappa shape index (κ1) is 7.92. The average molecular weight is 172 g/mol. The van der Waals surface area contributed by atoms with Gasteiger partial charge >= 0.3 is 0 Å². The van der Waals surface area contributed by atoms with Gasteiger partial charge in [0, 0.05) is 24.0 Å². The number of nitrogens with zero attached hydrogens (tertiary/aromatic N) is 1. The molecule has 0 bridgehead atoms. The third-order valence-corrected chi connectivity index (χ3v) is 1.78. The first-order chi connectivity index (χ1) is 6.36. The number of halogens is 1. The molecule has 0 aliphatic rings.